The molecule has 0 unspecified atom stereocenters. The second-order valence-electron chi connectivity index (χ2n) is 6.09. The molecule has 7 heteroatoms. The fourth-order valence-electron chi connectivity index (χ4n) is 3.11. The van der Waals surface area contributed by atoms with Crippen molar-refractivity contribution in [2.75, 3.05) is 6.54 Å². The Morgan fingerprint density at radius 1 is 1.38 bits per heavy atom. The predicted molar refractivity (Wildman–Crippen MR) is 81.4 cm³/mol. The van der Waals surface area contributed by atoms with Crippen LogP contribution in [0.4, 0.5) is 13.2 Å². The van der Waals surface area contributed by atoms with E-state index in [9.17, 15) is 18.0 Å². The number of halogens is 3. The van der Waals surface area contributed by atoms with E-state index in [2.05, 4.69) is 4.98 Å². The maximum atomic E-state index is 13.0. The highest BCUT2D eigenvalue weighted by Crippen LogP contribution is 2.40. The molecule has 2 rings (SSSR count). The summed E-state index contributed by atoms with van der Waals surface area (Å²) in [5.74, 6) is -2.34. The normalized spacial score (nSPS) is 21.1. The molecule has 0 saturated heterocycles. The Kier molecular flexibility index (Phi) is 6.18. The third-order valence-corrected chi connectivity index (χ3v) is 4.37. The maximum absolute atomic E-state index is 13.0. The number of nitrogens with zero attached hydrogens (tertiary/aromatic N) is 3. The third kappa shape index (κ3) is 4.95. The second kappa shape index (κ2) is 8.13. The monoisotopic (exact) mass is 339 g/mol. The van der Waals surface area contributed by atoms with Gasteiger partial charge in [0.15, 0.2) is 0 Å². The van der Waals surface area contributed by atoms with Gasteiger partial charge in [-0.15, -0.1) is 0 Å². The van der Waals surface area contributed by atoms with Gasteiger partial charge in [-0.1, -0.05) is 12.5 Å². The van der Waals surface area contributed by atoms with Gasteiger partial charge in [0, 0.05) is 18.7 Å². The molecule has 1 aromatic rings. The van der Waals surface area contributed by atoms with Crippen LogP contribution in [0.2, 0.25) is 0 Å². The van der Waals surface area contributed by atoms with E-state index in [1.165, 1.54) is 4.90 Å². The van der Waals surface area contributed by atoms with Crippen molar-refractivity contribution in [1.82, 2.24) is 9.88 Å². The maximum Gasteiger partial charge on any atom is 0.391 e. The van der Waals surface area contributed by atoms with E-state index in [4.69, 9.17) is 5.26 Å². The van der Waals surface area contributed by atoms with Crippen LogP contribution in [0.15, 0.2) is 24.4 Å². The summed E-state index contributed by atoms with van der Waals surface area (Å²) in [5.41, 5.74) is 0.659. The SMILES string of the molecule is N#CCCN(Cc1ccccn1)C(=O)[C@@H]1CCC[C@H](C(F)(F)F)C1. The van der Waals surface area contributed by atoms with Crippen molar-refractivity contribution in [1.29, 1.82) is 5.26 Å². The van der Waals surface area contributed by atoms with Crippen LogP contribution >= 0.6 is 0 Å². The number of nitriles is 1. The van der Waals surface area contributed by atoms with Gasteiger partial charge in [0.25, 0.3) is 0 Å². The first-order valence-electron chi connectivity index (χ1n) is 8.04. The van der Waals surface area contributed by atoms with Gasteiger partial charge in [-0.05, 0) is 31.4 Å². The summed E-state index contributed by atoms with van der Waals surface area (Å²) in [6.45, 7) is 0.424. The Hall–Kier alpha value is -2.10. The van der Waals surface area contributed by atoms with Crippen LogP contribution in [-0.4, -0.2) is 28.5 Å². The lowest BCUT2D eigenvalue weighted by molar-refractivity contribution is -0.187. The van der Waals surface area contributed by atoms with Crippen LogP contribution in [0.1, 0.15) is 37.8 Å². The van der Waals surface area contributed by atoms with Crippen LogP contribution < -0.4 is 0 Å². The Morgan fingerprint density at radius 2 is 2.17 bits per heavy atom. The first kappa shape index (κ1) is 18.2. The molecule has 1 saturated carbocycles. The van der Waals surface area contributed by atoms with E-state index in [0.717, 1.165) is 0 Å². The van der Waals surface area contributed by atoms with Crippen molar-refractivity contribution in [3.8, 4) is 6.07 Å². The highest BCUT2D eigenvalue weighted by Gasteiger charge is 2.44. The lowest BCUT2D eigenvalue weighted by Crippen LogP contribution is -2.40. The van der Waals surface area contributed by atoms with Crippen LogP contribution in [0.25, 0.3) is 0 Å². The van der Waals surface area contributed by atoms with Gasteiger partial charge < -0.3 is 4.90 Å². The number of rotatable bonds is 5. The van der Waals surface area contributed by atoms with E-state index >= 15 is 0 Å². The molecular formula is C17H20F3N3O. The molecule has 2 atom stereocenters. The zero-order valence-electron chi connectivity index (χ0n) is 13.3. The van der Waals surface area contributed by atoms with E-state index < -0.39 is 18.0 Å². The van der Waals surface area contributed by atoms with Crippen LogP contribution in [0.5, 0.6) is 0 Å². The zero-order valence-corrected chi connectivity index (χ0v) is 13.3. The fourth-order valence-corrected chi connectivity index (χ4v) is 3.11. The average molecular weight is 339 g/mol. The highest BCUT2D eigenvalue weighted by molar-refractivity contribution is 5.79. The van der Waals surface area contributed by atoms with Gasteiger partial charge in [0.05, 0.1) is 30.6 Å². The molecule has 4 nitrogen and oxygen atoms in total. The molecule has 1 aliphatic rings. The van der Waals surface area contributed by atoms with E-state index in [1.807, 2.05) is 6.07 Å². The molecule has 1 amide bonds. The summed E-state index contributed by atoms with van der Waals surface area (Å²) >= 11 is 0. The van der Waals surface area contributed by atoms with Gasteiger partial charge >= 0.3 is 6.18 Å². The van der Waals surface area contributed by atoms with Gasteiger partial charge in [-0.3, -0.25) is 9.78 Å². The van der Waals surface area contributed by atoms with Gasteiger partial charge in [-0.25, -0.2) is 0 Å². The highest BCUT2D eigenvalue weighted by atomic mass is 19.4. The molecule has 1 fully saturated rings. The first-order chi connectivity index (χ1) is 11.4. The quantitative estimate of drug-likeness (QED) is 0.822. The van der Waals surface area contributed by atoms with Crippen molar-refractivity contribution >= 4 is 5.91 Å². The summed E-state index contributed by atoms with van der Waals surface area (Å²) in [6.07, 6.45) is -1.71. The molecular weight excluding hydrogens is 319 g/mol. The molecule has 24 heavy (non-hydrogen) atoms. The van der Waals surface area contributed by atoms with Gasteiger partial charge in [0.2, 0.25) is 5.91 Å². The largest absolute Gasteiger partial charge is 0.391 e. The summed E-state index contributed by atoms with van der Waals surface area (Å²) in [7, 11) is 0. The number of aromatic nitrogens is 1. The molecule has 0 spiro atoms. The van der Waals surface area contributed by atoms with E-state index in [-0.39, 0.29) is 38.3 Å². The Bertz CT molecular complexity index is 583. The average Bonchev–Trinajstić information content (AvgIpc) is 2.58. The van der Waals surface area contributed by atoms with E-state index in [1.54, 1.807) is 24.4 Å². The molecule has 0 radical (unpaired) electrons. The van der Waals surface area contributed by atoms with Gasteiger partial charge in [-0.2, -0.15) is 18.4 Å². The molecule has 0 aromatic carbocycles. The van der Waals surface area contributed by atoms with Crippen LogP contribution in [0, 0.1) is 23.2 Å². The number of pyridine rings is 1. The molecule has 1 aliphatic carbocycles. The predicted octanol–water partition coefficient (Wildman–Crippen LogP) is 3.69. The van der Waals surface area contributed by atoms with Gasteiger partial charge in [0.1, 0.15) is 0 Å². The number of hydrogen-bond acceptors (Lipinski definition) is 3. The van der Waals surface area contributed by atoms with Crippen molar-refractivity contribution in [3.05, 3.63) is 30.1 Å². The number of carbonyl (C=O) groups is 1. The Labute approximate surface area is 139 Å². The molecule has 0 aliphatic heterocycles. The van der Waals surface area contributed by atoms with Crippen molar-refractivity contribution in [3.63, 3.8) is 0 Å². The zero-order chi connectivity index (χ0) is 17.6. The minimum atomic E-state index is -4.25. The molecule has 130 valence electrons. The fraction of sp³-hybridized carbons (Fsp3) is 0.588. The Balaban J connectivity index is 2.07. The number of carbonyl (C=O) groups excluding carboxylic acids is 1. The molecule has 0 N–H and O–H groups in total. The first-order valence-corrected chi connectivity index (χ1v) is 8.04. The van der Waals surface area contributed by atoms with Crippen LogP contribution in [0.3, 0.4) is 0 Å². The number of amides is 1. The summed E-state index contributed by atoms with van der Waals surface area (Å²) < 4.78 is 38.9. The van der Waals surface area contributed by atoms with Crippen LogP contribution in [-0.2, 0) is 11.3 Å². The third-order valence-electron chi connectivity index (χ3n) is 4.37. The minimum absolute atomic E-state index is 0.0890. The molecule has 1 heterocycles. The Morgan fingerprint density at radius 3 is 2.79 bits per heavy atom. The van der Waals surface area contributed by atoms with Crippen molar-refractivity contribution in [2.45, 2.75) is 44.8 Å². The standard InChI is InChI=1S/C17H20F3N3O/c18-17(19,20)14-6-3-5-13(11-14)16(24)23(10-4-8-21)12-15-7-1-2-9-22-15/h1-2,7,9,13-14H,3-6,10-12H2/t13-,14+/m1/s1. The molecule has 0 bridgehead atoms. The summed E-state index contributed by atoms with van der Waals surface area (Å²) in [4.78, 5) is 18.3. The summed E-state index contributed by atoms with van der Waals surface area (Å²) in [6, 6.07) is 7.27. The smallest absolute Gasteiger partial charge is 0.336 e. The molecule has 1 aromatic heterocycles. The second-order valence-corrected chi connectivity index (χ2v) is 6.09. The lowest BCUT2D eigenvalue weighted by atomic mass is 9.80. The number of hydrogen-bond donors (Lipinski definition) is 0. The summed E-state index contributed by atoms with van der Waals surface area (Å²) in [5, 5.41) is 8.77. The lowest BCUT2D eigenvalue weighted by Gasteiger charge is -2.33. The topological polar surface area (TPSA) is 57.0 Å². The van der Waals surface area contributed by atoms with Crippen molar-refractivity contribution in [2.24, 2.45) is 11.8 Å². The van der Waals surface area contributed by atoms with E-state index in [0.29, 0.717) is 18.5 Å². The number of alkyl halides is 3. The van der Waals surface area contributed by atoms with Crippen molar-refractivity contribution < 1.29 is 18.0 Å². The minimum Gasteiger partial charge on any atom is -0.336 e.